The fourth-order valence-corrected chi connectivity index (χ4v) is 2.75. The fraction of sp³-hybridized carbons (Fsp3) is 0.923. The molecular weight excluding hydrogens is 202 g/mol. The molecule has 1 heterocycles. The summed E-state index contributed by atoms with van der Waals surface area (Å²) in [7, 11) is 0. The van der Waals surface area contributed by atoms with Crippen molar-refractivity contribution >= 4 is 6.09 Å². The topological polar surface area (TPSA) is 29.5 Å². The van der Waals surface area contributed by atoms with Crippen molar-refractivity contribution in [3.63, 3.8) is 0 Å². The van der Waals surface area contributed by atoms with Crippen molar-refractivity contribution in [1.29, 1.82) is 0 Å². The Hall–Kier alpha value is -0.730. The summed E-state index contributed by atoms with van der Waals surface area (Å²) >= 11 is 0. The highest BCUT2D eigenvalue weighted by Crippen LogP contribution is 2.31. The van der Waals surface area contributed by atoms with Crippen molar-refractivity contribution in [1.82, 2.24) is 4.90 Å². The SMILES string of the molecule is CC1(OC(=O)N2CCCCC2)CCCCC1. The van der Waals surface area contributed by atoms with Gasteiger partial charge < -0.3 is 9.64 Å². The Labute approximate surface area is 98.1 Å². The van der Waals surface area contributed by atoms with Crippen LogP contribution in [0.1, 0.15) is 58.3 Å². The predicted octanol–water partition coefficient (Wildman–Crippen LogP) is 3.33. The van der Waals surface area contributed by atoms with E-state index in [1.54, 1.807) is 0 Å². The smallest absolute Gasteiger partial charge is 0.410 e. The van der Waals surface area contributed by atoms with E-state index in [1.807, 2.05) is 4.90 Å². The molecule has 0 atom stereocenters. The van der Waals surface area contributed by atoms with Crippen molar-refractivity contribution in [2.24, 2.45) is 0 Å². The molecule has 0 aromatic heterocycles. The van der Waals surface area contributed by atoms with E-state index in [2.05, 4.69) is 6.92 Å². The van der Waals surface area contributed by atoms with Gasteiger partial charge in [0.2, 0.25) is 0 Å². The van der Waals surface area contributed by atoms with Crippen molar-refractivity contribution in [2.75, 3.05) is 13.1 Å². The normalized spacial score (nSPS) is 25.2. The van der Waals surface area contributed by atoms with Crippen LogP contribution in [0.2, 0.25) is 0 Å². The maximum absolute atomic E-state index is 12.0. The Kier molecular flexibility index (Phi) is 3.72. The quantitative estimate of drug-likeness (QED) is 0.685. The van der Waals surface area contributed by atoms with Crippen LogP contribution in [0.25, 0.3) is 0 Å². The van der Waals surface area contributed by atoms with Gasteiger partial charge in [0.15, 0.2) is 0 Å². The molecule has 2 aliphatic rings. The van der Waals surface area contributed by atoms with Crippen LogP contribution < -0.4 is 0 Å². The van der Waals surface area contributed by atoms with Gasteiger partial charge in [0.1, 0.15) is 5.60 Å². The lowest BCUT2D eigenvalue weighted by molar-refractivity contribution is -0.0228. The number of likely N-dealkylation sites (tertiary alicyclic amines) is 1. The molecule has 0 spiro atoms. The summed E-state index contributed by atoms with van der Waals surface area (Å²) < 4.78 is 5.71. The molecule has 16 heavy (non-hydrogen) atoms. The number of hydrogen-bond acceptors (Lipinski definition) is 2. The van der Waals surface area contributed by atoms with Gasteiger partial charge in [-0.15, -0.1) is 0 Å². The van der Waals surface area contributed by atoms with Gasteiger partial charge in [-0.25, -0.2) is 4.79 Å². The Balaban J connectivity index is 1.85. The van der Waals surface area contributed by atoms with E-state index in [0.29, 0.717) is 0 Å². The monoisotopic (exact) mass is 225 g/mol. The van der Waals surface area contributed by atoms with Gasteiger partial charge in [0.25, 0.3) is 0 Å². The van der Waals surface area contributed by atoms with E-state index in [9.17, 15) is 4.79 Å². The minimum atomic E-state index is -0.188. The van der Waals surface area contributed by atoms with Gasteiger partial charge in [0.05, 0.1) is 0 Å². The molecule has 0 radical (unpaired) electrons. The van der Waals surface area contributed by atoms with E-state index in [1.165, 1.54) is 25.7 Å². The van der Waals surface area contributed by atoms with E-state index >= 15 is 0 Å². The Morgan fingerprint density at radius 2 is 1.56 bits per heavy atom. The third-order valence-electron chi connectivity index (χ3n) is 3.86. The highest BCUT2D eigenvalue weighted by Gasteiger charge is 2.32. The predicted molar refractivity (Wildman–Crippen MR) is 63.4 cm³/mol. The number of carbonyl (C=O) groups excluding carboxylic acids is 1. The van der Waals surface area contributed by atoms with Crippen LogP contribution in [-0.2, 0) is 4.74 Å². The Morgan fingerprint density at radius 3 is 2.19 bits per heavy atom. The maximum Gasteiger partial charge on any atom is 0.410 e. The lowest BCUT2D eigenvalue weighted by Crippen LogP contribution is -2.42. The van der Waals surface area contributed by atoms with Gasteiger partial charge in [-0.3, -0.25) is 0 Å². The van der Waals surface area contributed by atoms with E-state index in [-0.39, 0.29) is 11.7 Å². The first-order chi connectivity index (χ1) is 7.70. The molecule has 1 aliphatic heterocycles. The number of ether oxygens (including phenoxy) is 1. The zero-order chi connectivity index (χ0) is 11.4. The van der Waals surface area contributed by atoms with Crippen molar-refractivity contribution in [3.05, 3.63) is 0 Å². The second kappa shape index (κ2) is 5.07. The number of piperidine rings is 1. The average molecular weight is 225 g/mol. The van der Waals surface area contributed by atoms with Gasteiger partial charge in [-0.2, -0.15) is 0 Å². The summed E-state index contributed by atoms with van der Waals surface area (Å²) in [5.74, 6) is 0. The molecule has 2 rings (SSSR count). The third kappa shape index (κ3) is 2.89. The molecule has 0 aromatic carbocycles. The number of hydrogen-bond donors (Lipinski definition) is 0. The van der Waals surface area contributed by atoms with E-state index in [0.717, 1.165) is 38.8 Å². The lowest BCUT2D eigenvalue weighted by Gasteiger charge is -2.36. The number of rotatable bonds is 1. The lowest BCUT2D eigenvalue weighted by atomic mass is 9.86. The van der Waals surface area contributed by atoms with Gasteiger partial charge >= 0.3 is 6.09 Å². The molecule has 1 aliphatic carbocycles. The third-order valence-corrected chi connectivity index (χ3v) is 3.86. The second-order valence-corrected chi connectivity index (χ2v) is 5.43. The molecule has 2 fully saturated rings. The molecule has 0 unspecified atom stereocenters. The highest BCUT2D eigenvalue weighted by atomic mass is 16.6. The minimum absolute atomic E-state index is 0.0795. The zero-order valence-corrected chi connectivity index (χ0v) is 10.3. The molecule has 0 aromatic rings. The van der Waals surface area contributed by atoms with Crippen LogP contribution in [0.3, 0.4) is 0 Å². The van der Waals surface area contributed by atoms with Crippen LogP contribution in [0, 0.1) is 0 Å². The summed E-state index contributed by atoms with van der Waals surface area (Å²) in [6.45, 7) is 3.86. The molecule has 1 saturated heterocycles. The van der Waals surface area contributed by atoms with Gasteiger partial charge in [-0.1, -0.05) is 6.42 Å². The van der Waals surface area contributed by atoms with Crippen LogP contribution in [0.5, 0.6) is 0 Å². The zero-order valence-electron chi connectivity index (χ0n) is 10.3. The second-order valence-electron chi connectivity index (χ2n) is 5.43. The first-order valence-electron chi connectivity index (χ1n) is 6.68. The number of nitrogens with zero attached hydrogens (tertiary/aromatic N) is 1. The summed E-state index contributed by atoms with van der Waals surface area (Å²) in [6, 6.07) is 0. The van der Waals surface area contributed by atoms with Crippen molar-refractivity contribution < 1.29 is 9.53 Å². The highest BCUT2D eigenvalue weighted by molar-refractivity contribution is 5.68. The Morgan fingerprint density at radius 1 is 1.00 bits per heavy atom. The summed E-state index contributed by atoms with van der Waals surface area (Å²) in [4.78, 5) is 13.9. The summed E-state index contributed by atoms with van der Waals surface area (Å²) in [5, 5.41) is 0. The largest absolute Gasteiger partial charge is 0.443 e. The van der Waals surface area contributed by atoms with Gasteiger partial charge in [-0.05, 0) is 51.9 Å². The Bertz CT molecular complexity index is 240. The molecule has 3 heteroatoms. The molecule has 0 bridgehead atoms. The first-order valence-corrected chi connectivity index (χ1v) is 6.68. The van der Waals surface area contributed by atoms with Crippen LogP contribution in [-0.4, -0.2) is 29.7 Å². The fourth-order valence-electron chi connectivity index (χ4n) is 2.75. The molecule has 1 saturated carbocycles. The number of carbonyl (C=O) groups is 1. The maximum atomic E-state index is 12.0. The van der Waals surface area contributed by atoms with Crippen LogP contribution in [0.4, 0.5) is 4.79 Å². The van der Waals surface area contributed by atoms with E-state index in [4.69, 9.17) is 4.74 Å². The summed E-state index contributed by atoms with van der Waals surface area (Å²) in [5.41, 5.74) is -0.188. The van der Waals surface area contributed by atoms with Gasteiger partial charge in [0, 0.05) is 13.1 Å². The molecule has 92 valence electrons. The minimum Gasteiger partial charge on any atom is -0.443 e. The van der Waals surface area contributed by atoms with Crippen molar-refractivity contribution in [2.45, 2.75) is 63.9 Å². The van der Waals surface area contributed by atoms with E-state index < -0.39 is 0 Å². The molecule has 0 N–H and O–H groups in total. The standard InChI is InChI=1S/C13H23NO2/c1-13(8-4-2-5-9-13)16-12(15)14-10-6-3-7-11-14/h2-11H2,1H3. The molecule has 3 nitrogen and oxygen atoms in total. The van der Waals surface area contributed by atoms with Crippen LogP contribution in [0.15, 0.2) is 0 Å². The van der Waals surface area contributed by atoms with Crippen molar-refractivity contribution in [3.8, 4) is 0 Å². The molecule has 1 amide bonds. The number of amides is 1. The average Bonchev–Trinajstić information content (AvgIpc) is 2.30. The van der Waals surface area contributed by atoms with Crippen LogP contribution >= 0.6 is 0 Å². The molecular formula is C13H23NO2. The summed E-state index contributed by atoms with van der Waals surface area (Å²) in [6.07, 6.45) is 9.19. The first kappa shape index (κ1) is 11.7.